The molecule has 0 amide bonds. The summed E-state index contributed by atoms with van der Waals surface area (Å²) in [5.41, 5.74) is 0.196. The van der Waals surface area contributed by atoms with Gasteiger partial charge in [0, 0.05) is 11.8 Å². The predicted octanol–water partition coefficient (Wildman–Crippen LogP) is 5.41. The number of hydrogen-bond donors (Lipinski definition) is 2. The molecule has 0 radical (unpaired) electrons. The highest BCUT2D eigenvalue weighted by atomic mass is 16.6. The zero-order chi connectivity index (χ0) is 21.5. The Hall–Kier alpha value is -0.640. The van der Waals surface area contributed by atoms with Crippen LogP contribution in [0.1, 0.15) is 86.0 Å². The van der Waals surface area contributed by atoms with Crippen LogP contribution in [0.25, 0.3) is 0 Å². The van der Waals surface area contributed by atoms with Crippen LogP contribution >= 0.6 is 0 Å². The van der Waals surface area contributed by atoms with Gasteiger partial charge in [-0.25, -0.2) is 0 Å². The molecule has 9 atom stereocenters. The zero-order valence-corrected chi connectivity index (χ0v) is 19.7. The summed E-state index contributed by atoms with van der Waals surface area (Å²) in [5, 5.41) is 22.6. The van der Waals surface area contributed by atoms with Crippen LogP contribution in [0.2, 0.25) is 0 Å². The van der Waals surface area contributed by atoms with E-state index in [0.29, 0.717) is 30.1 Å². The van der Waals surface area contributed by atoms with Crippen LogP contribution in [0.3, 0.4) is 0 Å². The van der Waals surface area contributed by atoms with E-state index in [9.17, 15) is 10.2 Å². The third-order valence-electron chi connectivity index (χ3n) is 10.4. The summed E-state index contributed by atoms with van der Waals surface area (Å²) < 4.78 is 6.32. The van der Waals surface area contributed by atoms with Crippen molar-refractivity contribution in [3.8, 4) is 0 Å². The lowest BCUT2D eigenvalue weighted by Crippen LogP contribution is -2.65. The van der Waals surface area contributed by atoms with Crippen molar-refractivity contribution in [3.63, 3.8) is 0 Å². The molecule has 5 aliphatic rings. The first-order valence-corrected chi connectivity index (χ1v) is 12.5. The van der Waals surface area contributed by atoms with Gasteiger partial charge >= 0.3 is 0 Å². The summed E-state index contributed by atoms with van der Waals surface area (Å²) in [6, 6.07) is 0. The molecule has 9 unspecified atom stereocenters. The van der Waals surface area contributed by atoms with Gasteiger partial charge in [0.15, 0.2) is 0 Å². The van der Waals surface area contributed by atoms with Crippen LogP contribution in [0.5, 0.6) is 0 Å². The Kier molecular flexibility index (Phi) is 4.73. The fourth-order valence-corrected chi connectivity index (χ4v) is 8.46. The van der Waals surface area contributed by atoms with E-state index in [-0.39, 0.29) is 28.6 Å². The standard InChI is InChI=1S/C27H42O3/c1-17(2)7-6-8-18(3)20-9-10-21-22-15-23-27(30-23)16-19(28)11-12-25(27,5)26(22,29)14-13-24(20,21)4/h6,8,15,17-21,23,28-29H,7,9-14,16H2,1-5H3. The molecule has 168 valence electrons. The van der Waals surface area contributed by atoms with Crippen molar-refractivity contribution in [2.75, 3.05) is 0 Å². The fourth-order valence-electron chi connectivity index (χ4n) is 8.46. The number of epoxide rings is 1. The van der Waals surface area contributed by atoms with Crippen molar-refractivity contribution in [1.82, 2.24) is 0 Å². The second-order valence-electron chi connectivity index (χ2n) is 12.3. The molecule has 4 aliphatic carbocycles. The molecule has 3 heteroatoms. The Bertz CT molecular complexity index is 770. The molecule has 0 aromatic heterocycles. The van der Waals surface area contributed by atoms with E-state index in [1.165, 1.54) is 18.4 Å². The second kappa shape index (κ2) is 6.68. The third kappa shape index (κ3) is 2.61. The Morgan fingerprint density at radius 1 is 1.13 bits per heavy atom. The number of aliphatic hydroxyl groups excluding tert-OH is 1. The summed E-state index contributed by atoms with van der Waals surface area (Å²) in [4.78, 5) is 0. The maximum atomic E-state index is 12.3. The molecule has 3 saturated carbocycles. The van der Waals surface area contributed by atoms with Gasteiger partial charge in [-0.2, -0.15) is 0 Å². The minimum atomic E-state index is -0.768. The fraction of sp³-hybridized carbons (Fsp3) is 0.852. The number of aliphatic hydroxyl groups is 2. The van der Waals surface area contributed by atoms with Crippen LogP contribution in [-0.4, -0.2) is 33.6 Å². The minimum Gasteiger partial charge on any atom is -0.393 e. The topological polar surface area (TPSA) is 53.0 Å². The first-order valence-electron chi connectivity index (χ1n) is 12.5. The highest BCUT2D eigenvalue weighted by Gasteiger charge is 2.78. The predicted molar refractivity (Wildman–Crippen MR) is 120 cm³/mol. The summed E-state index contributed by atoms with van der Waals surface area (Å²) in [6.07, 6.45) is 14.9. The van der Waals surface area contributed by atoms with Crippen molar-refractivity contribution in [3.05, 3.63) is 23.8 Å². The van der Waals surface area contributed by atoms with E-state index < -0.39 is 5.60 Å². The highest BCUT2D eigenvalue weighted by Crippen LogP contribution is 2.73. The number of allylic oxidation sites excluding steroid dienone is 2. The minimum absolute atomic E-state index is 0.0949. The number of ether oxygens (including phenoxy) is 1. The lowest BCUT2D eigenvalue weighted by atomic mass is 9.45. The van der Waals surface area contributed by atoms with Crippen LogP contribution in [0.4, 0.5) is 0 Å². The van der Waals surface area contributed by atoms with Gasteiger partial charge in [-0.05, 0) is 79.6 Å². The van der Waals surface area contributed by atoms with Gasteiger partial charge in [0.1, 0.15) is 11.7 Å². The molecule has 1 saturated heterocycles. The number of fused-ring (bicyclic) bond motifs is 4. The monoisotopic (exact) mass is 414 g/mol. The van der Waals surface area contributed by atoms with E-state index in [0.717, 1.165) is 32.1 Å². The molecular weight excluding hydrogens is 372 g/mol. The van der Waals surface area contributed by atoms with E-state index in [1.807, 2.05) is 0 Å². The number of hydrogen-bond acceptors (Lipinski definition) is 3. The van der Waals surface area contributed by atoms with Crippen LogP contribution < -0.4 is 0 Å². The molecule has 3 nitrogen and oxygen atoms in total. The normalized spacial score (nSPS) is 53.0. The maximum absolute atomic E-state index is 12.3. The van der Waals surface area contributed by atoms with Crippen molar-refractivity contribution >= 4 is 0 Å². The maximum Gasteiger partial charge on any atom is 0.110 e. The van der Waals surface area contributed by atoms with Crippen molar-refractivity contribution in [2.24, 2.45) is 34.5 Å². The van der Waals surface area contributed by atoms with Crippen LogP contribution in [0, 0.1) is 34.5 Å². The van der Waals surface area contributed by atoms with Gasteiger partial charge < -0.3 is 14.9 Å². The molecule has 0 bridgehead atoms. The van der Waals surface area contributed by atoms with Gasteiger partial charge in [0.25, 0.3) is 0 Å². The molecule has 5 rings (SSSR count). The smallest absolute Gasteiger partial charge is 0.110 e. The quantitative estimate of drug-likeness (QED) is 0.478. The molecule has 4 fully saturated rings. The molecule has 2 N–H and O–H groups in total. The highest BCUT2D eigenvalue weighted by molar-refractivity contribution is 5.44. The SMILES string of the molecule is CC(C)CC=CC(C)C1CCC2C3=CC4OC45CC(O)CCC5(C)C3(O)CCC21C. The van der Waals surface area contributed by atoms with E-state index in [1.54, 1.807) is 0 Å². The molecule has 0 aromatic carbocycles. The lowest BCUT2D eigenvalue weighted by Gasteiger charge is -2.60. The summed E-state index contributed by atoms with van der Waals surface area (Å²) >= 11 is 0. The first kappa shape index (κ1) is 21.2. The average molecular weight is 415 g/mol. The third-order valence-corrected chi connectivity index (χ3v) is 10.4. The summed E-state index contributed by atoms with van der Waals surface area (Å²) in [6.45, 7) is 11.7. The van der Waals surface area contributed by atoms with E-state index >= 15 is 0 Å². The Morgan fingerprint density at radius 2 is 1.90 bits per heavy atom. The second-order valence-corrected chi connectivity index (χ2v) is 12.3. The van der Waals surface area contributed by atoms with Gasteiger partial charge in [0.05, 0.1) is 11.7 Å². The van der Waals surface area contributed by atoms with E-state index in [2.05, 4.69) is 52.8 Å². The molecule has 30 heavy (non-hydrogen) atoms. The molecule has 1 aliphatic heterocycles. The van der Waals surface area contributed by atoms with Gasteiger partial charge in [-0.3, -0.25) is 0 Å². The van der Waals surface area contributed by atoms with Crippen molar-refractivity contribution in [1.29, 1.82) is 0 Å². The molecular formula is C27H42O3. The molecule has 1 heterocycles. The Labute approximate surface area is 183 Å². The largest absolute Gasteiger partial charge is 0.393 e. The Balaban J connectivity index is 1.45. The average Bonchev–Trinajstić information content (AvgIpc) is 3.25. The summed E-state index contributed by atoms with van der Waals surface area (Å²) in [7, 11) is 0. The summed E-state index contributed by atoms with van der Waals surface area (Å²) in [5.74, 6) is 2.45. The van der Waals surface area contributed by atoms with Gasteiger partial charge in [-0.1, -0.05) is 52.8 Å². The van der Waals surface area contributed by atoms with Crippen molar-refractivity contribution in [2.45, 2.75) is 109 Å². The first-order chi connectivity index (χ1) is 14.1. The Morgan fingerprint density at radius 3 is 2.63 bits per heavy atom. The zero-order valence-electron chi connectivity index (χ0n) is 19.7. The molecule has 0 aromatic rings. The van der Waals surface area contributed by atoms with Crippen molar-refractivity contribution < 1.29 is 14.9 Å². The molecule has 1 spiro atoms. The van der Waals surface area contributed by atoms with Gasteiger partial charge in [0.2, 0.25) is 0 Å². The van der Waals surface area contributed by atoms with Crippen LogP contribution in [0.15, 0.2) is 23.8 Å². The lowest BCUT2D eigenvalue weighted by molar-refractivity contribution is -0.157. The van der Waals surface area contributed by atoms with E-state index in [4.69, 9.17) is 4.74 Å². The van der Waals surface area contributed by atoms with Gasteiger partial charge in [-0.15, -0.1) is 0 Å². The number of rotatable bonds is 4. The van der Waals surface area contributed by atoms with Crippen LogP contribution in [-0.2, 0) is 4.74 Å².